The molecule has 1 saturated heterocycles. The molecule has 1 unspecified atom stereocenters. The highest BCUT2D eigenvalue weighted by molar-refractivity contribution is 5.85. The van der Waals surface area contributed by atoms with E-state index in [-0.39, 0.29) is 5.91 Å². The van der Waals surface area contributed by atoms with Crippen molar-refractivity contribution in [2.45, 2.75) is 25.8 Å². The third kappa shape index (κ3) is 2.34. The zero-order chi connectivity index (χ0) is 8.97. The summed E-state index contributed by atoms with van der Waals surface area (Å²) in [5.41, 5.74) is 5.01. The van der Waals surface area contributed by atoms with Gasteiger partial charge in [-0.05, 0) is 25.9 Å². The summed E-state index contributed by atoms with van der Waals surface area (Å²) in [6, 6.07) is 0.433. The second kappa shape index (κ2) is 4.26. The number of likely N-dealkylation sites (tertiary alicyclic amines) is 1. The number of amides is 1. The molecule has 0 radical (unpaired) electrons. The van der Waals surface area contributed by atoms with Crippen LogP contribution in [0.4, 0.5) is 0 Å². The maximum atomic E-state index is 10.5. The van der Waals surface area contributed by atoms with Crippen LogP contribution in [0.5, 0.6) is 0 Å². The van der Waals surface area contributed by atoms with Gasteiger partial charge in [0.2, 0.25) is 5.91 Å². The van der Waals surface area contributed by atoms with Crippen LogP contribution in [0.15, 0.2) is 12.2 Å². The van der Waals surface area contributed by atoms with Gasteiger partial charge in [-0.25, -0.2) is 0 Å². The van der Waals surface area contributed by atoms with E-state index in [9.17, 15) is 4.79 Å². The second-order valence-corrected chi connectivity index (χ2v) is 3.10. The highest BCUT2D eigenvalue weighted by atomic mass is 16.1. The van der Waals surface area contributed by atoms with Crippen LogP contribution in [0.2, 0.25) is 0 Å². The lowest BCUT2D eigenvalue weighted by Gasteiger charge is -2.18. The van der Waals surface area contributed by atoms with E-state index in [4.69, 9.17) is 5.73 Å². The Bertz CT molecular complexity index is 189. The van der Waals surface area contributed by atoms with Gasteiger partial charge < -0.3 is 5.73 Å². The van der Waals surface area contributed by atoms with Crippen LogP contribution in [0.25, 0.3) is 0 Å². The number of nitrogens with zero attached hydrogens (tertiary/aromatic N) is 1. The summed E-state index contributed by atoms with van der Waals surface area (Å²) in [6.07, 6.45) is 5.76. The van der Waals surface area contributed by atoms with Crippen molar-refractivity contribution < 1.29 is 4.79 Å². The van der Waals surface area contributed by atoms with Crippen LogP contribution in [0, 0.1) is 0 Å². The Morgan fingerprint density at radius 1 is 1.75 bits per heavy atom. The molecular weight excluding hydrogens is 152 g/mol. The molecule has 12 heavy (non-hydrogen) atoms. The van der Waals surface area contributed by atoms with E-state index in [0.717, 1.165) is 19.5 Å². The molecule has 0 aromatic heterocycles. The SMILES string of the molecule is CCN1CCCC1C=CC(N)=O. The monoisotopic (exact) mass is 168 g/mol. The summed E-state index contributed by atoms with van der Waals surface area (Å²) in [7, 11) is 0. The lowest BCUT2D eigenvalue weighted by molar-refractivity contribution is -0.113. The molecule has 0 aliphatic carbocycles. The zero-order valence-corrected chi connectivity index (χ0v) is 7.49. The quantitative estimate of drug-likeness (QED) is 0.624. The summed E-state index contributed by atoms with van der Waals surface area (Å²) in [6.45, 7) is 4.33. The minimum absolute atomic E-state index is 0.349. The zero-order valence-electron chi connectivity index (χ0n) is 7.49. The van der Waals surface area contributed by atoms with Crippen LogP contribution in [0.1, 0.15) is 19.8 Å². The predicted molar refractivity (Wildman–Crippen MR) is 48.6 cm³/mol. The molecule has 0 aromatic carbocycles. The molecule has 1 atom stereocenters. The highest BCUT2D eigenvalue weighted by Gasteiger charge is 2.19. The molecule has 1 heterocycles. The molecule has 1 rings (SSSR count). The van der Waals surface area contributed by atoms with Crippen molar-refractivity contribution in [2.75, 3.05) is 13.1 Å². The van der Waals surface area contributed by atoms with E-state index in [2.05, 4.69) is 11.8 Å². The van der Waals surface area contributed by atoms with Crippen molar-refractivity contribution in [3.63, 3.8) is 0 Å². The molecule has 0 aromatic rings. The molecule has 68 valence electrons. The Labute approximate surface area is 73.2 Å². The first kappa shape index (κ1) is 9.26. The minimum atomic E-state index is -0.349. The van der Waals surface area contributed by atoms with E-state index in [0.29, 0.717) is 6.04 Å². The van der Waals surface area contributed by atoms with Crippen LogP contribution in [0.3, 0.4) is 0 Å². The van der Waals surface area contributed by atoms with Crippen molar-refractivity contribution in [3.05, 3.63) is 12.2 Å². The van der Waals surface area contributed by atoms with Crippen molar-refractivity contribution in [1.29, 1.82) is 0 Å². The smallest absolute Gasteiger partial charge is 0.241 e. The van der Waals surface area contributed by atoms with Crippen molar-refractivity contribution in [1.82, 2.24) is 4.90 Å². The van der Waals surface area contributed by atoms with Crippen molar-refractivity contribution in [3.8, 4) is 0 Å². The molecular formula is C9H16N2O. The minimum Gasteiger partial charge on any atom is -0.366 e. The first-order chi connectivity index (χ1) is 5.74. The fourth-order valence-corrected chi connectivity index (χ4v) is 1.67. The maximum Gasteiger partial charge on any atom is 0.241 e. The van der Waals surface area contributed by atoms with Crippen LogP contribution in [-0.4, -0.2) is 29.9 Å². The van der Waals surface area contributed by atoms with E-state index in [1.165, 1.54) is 12.5 Å². The average Bonchev–Trinajstić information content (AvgIpc) is 2.47. The van der Waals surface area contributed by atoms with Gasteiger partial charge in [-0.15, -0.1) is 0 Å². The lowest BCUT2D eigenvalue weighted by atomic mass is 10.2. The van der Waals surface area contributed by atoms with Gasteiger partial charge in [0.1, 0.15) is 0 Å². The number of hydrogen-bond acceptors (Lipinski definition) is 2. The first-order valence-electron chi connectivity index (χ1n) is 4.45. The van der Waals surface area contributed by atoms with Crippen LogP contribution >= 0.6 is 0 Å². The number of hydrogen-bond donors (Lipinski definition) is 1. The van der Waals surface area contributed by atoms with Crippen molar-refractivity contribution in [2.24, 2.45) is 5.73 Å². The number of rotatable bonds is 3. The Morgan fingerprint density at radius 3 is 3.08 bits per heavy atom. The topological polar surface area (TPSA) is 46.3 Å². The summed E-state index contributed by atoms with van der Waals surface area (Å²) in [5.74, 6) is -0.349. The third-order valence-corrected chi connectivity index (χ3v) is 2.30. The van der Waals surface area contributed by atoms with Gasteiger partial charge in [-0.2, -0.15) is 0 Å². The highest BCUT2D eigenvalue weighted by Crippen LogP contribution is 2.17. The largest absolute Gasteiger partial charge is 0.366 e. The molecule has 0 bridgehead atoms. The standard InChI is InChI=1S/C9H16N2O/c1-2-11-7-3-4-8(11)5-6-9(10)12/h5-6,8H,2-4,7H2,1H3,(H2,10,12). The van der Waals surface area contributed by atoms with E-state index in [1.54, 1.807) is 0 Å². The van der Waals surface area contributed by atoms with Crippen LogP contribution < -0.4 is 5.73 Å². The van der Waals surface area contributed by atoms with Gasteiger partial charge in [0, 0.05) is 12.1 Å². The molecule has 0 spiro atoms. The predicted octanol–water partition coefficient (Wildman–Crippen LogP) is 0.512. The number of carbonyl (C=O) groups excluding carboxylic acids is 1. The maximum absolute atomic E-state index is 10.5. The summed E-state index contributed by atoms with van der Waals surface area (Å²) in [4.78, 5) is 12.8. The molecule has 3 heteroatoms. The Morgan fingerprint density at radius 2 is 2.50 bits per heavy atom. The number of likely N-dealkylation sites (N-methyl/N-ethyl adjacent to an activating group) is 1. The van der Waals surface area contributed by atoms with Gasteiger partial charge in [0.15, 0.2) is 0 Å². The molecule has 1 aliphatic heterocycles. The third-order valence-electron chi connectivity index (χ3n) is 2.30. The Hall–Kier alpha value is -0.830. The fraction of sp³-hybridized carbons (Fsp3) is 0.667. The van der Waals surface area contributed by atoms with E-state index in [1.807, 2.05) is 6.08 Å². The van der Waals surface area contributed by atoms with Crippen LogP contribution in [-0.2, 0) is 4.79 Å². The normalized spacial score (nSPS) is 25.2. The number of carbonyl (C=O) groups is 1. The summed E-state index contributed by atoms with van der Waals surface area (Å²) in [5, 5.41) is 0. The molecule has 1 fully saturated rings. The van der Waals surface area contributed by atoms with Gasteiger partial charge in [-0.3, -0.25) is 9.69 Å². The van der Waals surface area contributed by atoms with E-state index < -0.39 is 0 Å². The van der Waals surface area contributed by atoms with E-state index >= 15 is 0 Å². The van der Waals surface area contributed by atoms with Gasteiger partial charge in [-0.1, -0.05) is 13.0 Å². The molecule has 1 amide bonds. The Kier molecular flexibility index (Phi) is 3.29. The van der Waals surface area contributed by atoms with Gasteiger partial charge >= 0.3 is 0 Å². The Balaban J connectivity index is 2.45. The second-order valence-electron chi connectivity index (χ2n) is 3.10. The van der Waals surface area contributed by atoms with Gasteiger partial charge in [0.05, 0.1) is 0 Å². The molecule has 1 aliphatic rings. The fourth-order valence-electron chi connectivity index (χ4n) is 1.67. The van der Waals surface area contributed by atoms with Gasteiger partial charge in [0.25, 0.3) is 0 Å². The average molecular weight is 168 g/mol. The summed E-state index contributed by atoms with van der Waals surface area (Å²) < 4.78 is 0. The molecule has 3 nitrogen and oxygen atoms in total. The van der Waals surface area contributed by atoms with Crippen molar-refractivity contribution >= 4 is 5.91 Å². The number of primary amides is 1. The number of nitrogens with two attached hydrogens (primary N) is 1. The lowest BCUT2D eigenvalue weighted by Crippen LogP contribution is -2.27. The molecule has 0 saturated carbocycles. The first-order valence-corrected chi connectivity index (χ1v) is 4.45. The summed E-state index contributed by atoms with van der Waals surface area (Å²) >= 11 is 0. The molecule has 2 N–H and O–H groups in total.